The third kappa shape index (κ3) is 2.07. The number of fused-ring (bicyclic) bond motifs is 1. The second-order valence-corrected chi connectivity index (χ2v) is 5.01. The van der Waals surface area contributed by atoms with E-state index in [9.17, 15) is 9.18 Å². The summed E-state index contributed by atoms with van der Waals surface area (Å²) in [5.74, 6) is -0.452. The number of aldehydes is 1. The molecule has 0 fully saturated rings. The molecule has 0 atom stereocenters. The Morgan fingerprint density at radius 1 is 1.20 bits per heavy atom. The second kappa shape index (κ2) is 4.89. The number of carbonyl (C=O) groups is 1. The van der Waals surface area contributed by atoms with E-state index < -0.39 is 5.82 Å². The number of pyridine rings is 1. The summed E-state index contributed by atoms with van der Waals surface area (Å²) in [6.45, 7) is 0. The molecule has 0 saturated heterocycles. The van der Waals surface area contributed by atoms with Gasteiger partial charge in [-0.05, 0) is 30.3 Å². The van der Waals surface area contributed by atoms with Crippen molar-refractivity contribution in [1.29, 1.82) is 0 Å². The highest BCUT2D eigenvalue weighted by atomic mass is 35.5. The maximum atomic E-state index is 13.3. The summed E-state index contributed by atoms with van der Waals surface area (Å²) in [6, 6.07) is 7.68. The van der Waals surface area contributed by atoms with Crippen molar-refractivity contribution in [2.45, 2.75) is 0 Å². The van der Waals surface area contributed by atoms with Gasteiger partial charge in [-0.3, -0.25) is 9.20 Å². The van der Waals surface area contributed by atoms with Crippen molar-refractivity contribution in [3.63, 3.8) is 0 Å². The van der Waals surface area contributed by atoms with Crippen LogP contribution in [0.2, 0.25) is 10.0 Å². The van der Waals surface area contributed by atoms with Gasteiger partial charge in [-0.2, -0.15) is 0 Å². The van der Waals surface area contributed by atoms with E-state index in [1.165, 1.54) is 22.7 Å². The van der Waals surface area contributed by atoms with Crippen molar-refractivity contribution in [2.24, 2.45) is 0 Å². The summed E-state index contributed by atoms with van der Waals surface area (Å²) in [7, 11) is 0. The van der Waals surface area contributed by atoms with Crippen molar-refractivity contribution in [1.82, 2.24) is 9.38 Å². The minimum atomic E-state index is -0.452. The van der Waals surface area contributed by atoms with Gasteiger partial charge in [-0.15, -0.1) is 0 Å². The normalized spacial score (nSPS) is 10.9. The van der Waals surface area contributed by atoms with E-state index in [1.54, 1.807) is 18.2 Å². The van der Waals surface area contributed by atoms with Crippen molar-refractivity contribution in [3.05, 3.63) is 58.1 Å². The predicted octanol–water partition coefficient (Wildman–Crippen LogP) is 4.26. The van der Waals surface area contributed by atoms with Crippen LogP contribution in [0.25, 0.3) is 16.9 Å². The van der Waals surface area contributed by atoms with Crippen molar-refractivity contribution in [3.8, 4) is 11.3 Å². The molecule has 0 saturated carbocycles. The Morgan fingerprint density at radius 2 is 2.00 bits per heavy atom. The van der Waals surface area contributed by atoms with Gasteiger partial charge < -0.3 is 0 Å². The first-order chi connectivity index (χ1) is 9.60. The molecule has 2 heterocycles. The van der Waals surface area contributed by atoms with Gasteiger partial charge in [0.15, 0.2) is 6.29 Å². The molecule has 0 aliphatic rings. The van der Waals surface area contributed by atoms with E-state index in [0.717, 1.165) is 0 Å². The molecule has 0 aliphatic carbocycles. The van der Waals surface area contributed by atoms with Gasteiger partial charge in [0.25, 0.3) is 0 Å². The number of carbonyl (C=O) groups excluding carboxylic acids is 1. The van der Waals surface area contributed by atoms with Gasteiger partial charge in [-0.25, -0.2) is 9.37 Å². The van der Waals surface area contributed by atoms with E-state index in [4.69, 9.17) is 23.2 Å². The van der Waals surface area contributed by atoms with Crippen LogP contribution in [-0.2, 0) is 0 Å². The first-order valence-corrected chi connectivity index (χ1v) is 6.44. The highest BCUT2D eigenvalue weighted by molar-refractivity contribution is 6.36. The average molecular weight is 309 g/mol. The van der Waals surface area contributed by atoms with Crippen LogP contribution in [0.3, 0.4) is 0 Å². The van der Waals surface area contributed by atoms with Gasteiger partial charge in [0.05, 0.1) is 5.02 Å². The summed E-state index contributed by atoms with van der Waals surface area (Å²) in [5, 5.41) is 0.866. The number of aromatic nitrogens is 2. The maximum Gasteiger partial charge on any atom is 0.169 e. The lowest BCUT2D eigenvalue weighted by atomic mass is 10.1. The molecule has 0 amide bonds. The van der Waals surface area contributed by atoms with Gasteiger partial charge in [0, 0.05) is 16.8 Å². The predicted molar refractivity (Wildman–Crippen MR) is 76.0 cm³/mol. The number of hydrogen-bond donors (Lipinski definition) is 0. The Hall–Kier alpha value is -1.91. The molecule has 0 bridgehead atoms. The fourth-order valence-corrected chi connectivity index (χ4v) is 2.53. The molecule has 0 radical (unpaired) electrons. The van der Waals surface area contributed by atoms with Gasteiger partial charge >= 0.3 is 0 Å². The molecule has 0 spiro atoms. The van der Waals surface area contributed by atoms with E-state index in [-0.39, 0.29) is 5.69 Å². The number of nitrogens with zero attached hydrogens (tertiary/aromatic N) is 2. The molecule has 3 nitrogen and oxygen atoms in total. The third-order valence-electron chi connectivity index (χ3n) is 2.92. The topological polar surface area (TPSA) is 34.4 Å². The number of rotatable bonds is 2. The lowest BCUT2D eigenvalue weighted by Crippen LogP contribution is -1.93. The van der Waals surface area contributed by atoms with Crippen LogP contribution >= 0.6 is 23.2 Å². The lowest BCUT2D eigenvalue weighted by molar-refractivity contribution is 0.111. The number of imidazole rings is 1. The molecule has 100 valence electrons. The summed E-state index contributed by atoms with van der Waals surface area (Å²) >= 11 is 12.0. The summed E-state index contributed by atoms with van der Waals surface area (Å²) in [5.41, 5.74) is 1.67. The second-order valence-electron chi connectivity index (χ2n) is 4.16. The van der Waals surface area contributed by atoms with Crippen LogP contribution in [0.5, 0.6) is 0 Å². The Morgan fingerprint density at radius 3 is 2.70 bits per heavy atom. The zero-order chi connectivity index (χ0) is 14.3. The monoisotopic (exact) mass is 308 g/mol. The quantitative estimate of drug-likeness (QED) is 0.663. The molecule has 0 unspecified atom stereocenters. The lowest BCUT2D eigenvalue weighted by Gasteiger charge is -2.02. The van der Waals surface area contributed by atoms with Crippen LogP contribution in [0.15, 0.2) is 36.5 Å². The standard InChI is InChI=1S/C14H7Cl2FN2O/c15-8-1-3-10(11(16)5-8)14-12(7-20)19-6-9(17)2-4-13(19)18-14/h1-7H. The van der Waals surface area contributed by atoms with Crippen LogP contribution in [0, 0.1) is 5.82 Å². The summed E-state index contributed by atoms with van der Waals surface area (Å²) < 4.78 is 14.7. The highest BCUT2D eigenvalue weighted by Crippen LogP contribution is 2.32. The Labute approximate surface area is 123 Å². The molecule has 0 aliphatic heterocycles. The maximum absolute atomic E-state index is 13.3. The smallest absolute Gasteiger partial charge is 0.169 e. The first-order valence-electron chi connectivity index (χ1n) is 5.68. The van der Waals surface area contributed by atoms with Gasteiger partial charge in [-0.1, -0.05) is 23.2 Å². The highest BCUT2D eigenvalue weighted by Gasteiger charge is 2.16. The van der Waals surface area contributed by atoms with E-state index in [1.807, 2.05) is 0 Å². The molecule has 0 N–H and O–H groups in total. The van der Waals surface area contributed by atoms with E-state index in [0.29, 0.717) is 33.2 Å². The van der Waals surface area contributed by atoms with E-state index in [2.05, 4.69) is 4.98 Å². The fourth-order valence-electron chi connectivity index (χ4n) is 2.03. The number of hydrogen-bond acceptors (Lipinski definition) is 2. The SMILES string of the molecule is O=Cc1c(-c2ccc(Cl)cc2Cl)nc2ccc(F)cn12. The minimum absolute atomic E-state index is 0.240. The Balaban J connectivity index is 2.33. The molecule has 3 rings (SSSR count). The molecule has 6 heteroatoms. The molecular weight excluding hydrogens is 302 g/mol. The zero-order valence-corrected chi connectivity index (χ0v) is 11.5. The molecule has 3 aromatic rings. The van der Waals surface area contributed by atoms with Crippen LogP contribution < -0.4 is 0 Å². The van der Waals surface area contributed by atoms with E-state index >= 15 is 0 Å². The minimum Gasteiger partial charge on any atom is -0.296 e. The van der Waals surface area contributed by atoms with Crippen LogP contribution in [-0.4, -0.2) is 15.7 Å². The molecular formula is C14H7Cl2FN2O. The van der Waals surface area contributed by atoms with Gasteiger partial charge in [0.1, 0.15) is 22.9 Å². The molecule has 20 heavy (non-hydrogen) atoms. The van der Waals surface area contributed by atoms with Crippen molar-refractivity contribution < 1.29 is 9.18 Å². The molecule has 1 aromatic carbocycles. The van der Waals surface area contributed by atoms with Gasteiger partial charge in [0.2, 0.25) is 0 Å². The number of benzene rings is 1. The Bertz CT molecular complexity index is 829. The third-order valence-corrected chi connectivity index (χ3v) is 3.47. The fraction of sp³-hybridized carbons (Fsp3) is 0. The molecule has 2 aromatic heterocycles. The largest absolute Gasteiger partial charge is 0.296 e. The van der Waals surface area contributed by atoms with Crippen LogP contribution in [0.4, 0.5) is 4.39 Å². The average Bonchev–Trinajstić information content (AvgIpc) is 2.76. The first kappa shape index (κ1) is 13.1. The van der Waals surface area contributed by atoms with Crippen molar-refractivity contribution in [2.75, 3.05) is 0 Å². The van der Waals surface area contributed by atoms with Crippen molar-refractivity contribution >= 4 is 35.1 Å². The zero-order valence-electron chi connectivity index (χ0n) is 9.98. The number of halogens is 3. The van der Waals surface area contributed by atoms with Crippen LogP contribution in [0.1, 0.15) is 10.5 Å². The Kier molecular flexibility index (Phi) is 3.20. The summed E-state index contributed by atoms with van der Waals surface area (Å²) in [6.07, 6.45) is 1.83. The summed E-state index contributed by atoms with van der Waals surface area (Å²) in [4.78, 5) is 15.6.